The molecule has 0 heterocycles. The fraction of sp³-hybridized carbons (Fsp3) is 0.833. The normalized spacial score (nSPS) is 11.1. The van der Waals surface area contributed by atoms with Gasteiger partial charge in [-0.15, -0.1) is 0 Å². The molecule has 0 fully saturated rings. The van der Waals surface area contributed by atoms with Gasteiger partial charge in [0.2, 0.25) is 0 Å². The maximum absolute atomic E-state index is 11.9. The van der Waals surface area contributed by atoms with E-state index in [1.165, 1.54) is 0 Å². The number of rotatable bonds is 8. The number of carbonyl (C=O) groups excluding carboxylic acids is 2. The largest absolute Gasteiger partial charge is 0.465 e. The van der Waals surface area contributed by atoms with Crippen molar-refractivity contribution in [3.05, 3.63) is 0 Å². The first-order chi connectivity index (χ1) is 8.08. The average Bonchev–Trinajstić information content (AvgIpc) is 2.31. The third kappa shape index (κ3) is 4.00. The van der Waals surface area contributed by atoms with Gasteiger partial charge in [-0.05, 0) is 33.1 Å². The van der Waals surface area contributed by atoms with Crippen LogP contribution in [0.2, 0.25) is 0 Å². The molecule has 1 N–H and O–H groups in total. The smallest absolute Gasteiger partial charge is 0.323 e. The third-order valence-electron chi connectivity index (χ3n) is 2.70. The van der Waals surface area contributed by atoms with Crippen LogP contribution >= 0.6 is 0 Å². The van der Waals surface area contributed by atoms with Crippen LogP contribution in [0.5, 0.6) is 0 Å². The second-order valence-electron chi connectivity index (χ2n) is 3.70. The summed E-state index contributed by atoms with van der Waals surface area (Å²) in [5.41, 5.74) is -1.27. The van der Waals surface area contributed by atoms with E-state index in [1.54, 1.807) is 20.8 Å². The van der Waals surface area contributed by atoms with E-state index < -0.39 is 17.4 Å². The third-order valence-corrected chi connectivity index (χ3v) is 2.70. The summed E-state index contributed by atoms with van der Waals surface area (Å²) in [5.74, 6) is -1.12. The predicted octanol–water partition coefficient (Wildman–Crippen LogP) is 1.28. The molecule has 0 aliphatic rings. The lowest BCUT2D eigenvalue weighted by molar-refractivity contribution is -0.173. The molecule has 5 nitrogen and oxygen atoms in total. The van der Waals surface area contributed by atoms with E-state index in [4.69, 9.17) is 14.6 Å². The van der Waals surface area contributed by atoms with Crippen molar-refractivity contribution in [2.24, 2.45) is 5.41 Å². The van der Waals surface area contributed by atoms with Gasteiger partial charge in [0, 0.05) is 6.61 Å². The Morgan fingerprint density at radius 1 is 1.06 bits per heavy atom. The van der Waals surface area contributed by atoms with Gasteiger partial charge < -0.3 is 14.6 Å². The Bertz CT molecular complexity index is 231. The van der Waals surface area contributed by atoms with Gasteiger partial charge in [-0.1, -0.05) is 6.92 Å². The maximum Gasteiger partial charge on any atom is 0.323 e. The molecule has 100 valence electrons. The zero-order valence-electron chi connectivity index (χ0n) is 10.8. The van der Waals surface area contributed by atoms with Gasteiger partial charge in [0.15, 0.2) is 5.41 Å². The minimum absolute atomic E-state index is 0.0689. The Kier molecular flexibility index (Phi) is 7.54. The summed E-state index contributed by atoms with van der Waals surface area (Å²) >= 11 is 0. The number of esters is 2. The Morgan fingerprint density at radius 2 is 1.53 bits per heavy atom. The van der Waals surface area contributed by atoms with Crippen molar-refractivity contribution in [3.63, 3.8) is 0 Å². The molecule has 0 aromatic carbocycles. The second-order valence-corrected chi connectivity index (χ2v) is 3.70. The van der Waals surface area contributed by atoms with E-state index in [9.17, 15) is 9.59 Å². The van der Waals surface area contributed by atoms with Gasteiger partial charge in [-0.3, -0.25) is 9.59 Å². The van der Waals surface area contributed by atoms with Crippen LogP contribution in [-0.2, 0) is 19.1 Å². The highest BCUT2D eigenvalue weighted by molar-refractivity contribution is 6.00. The summed E-state index contributed by atoms with van der Waals surface area (Å²) < 4.78 is 9.88. The highest BCUT2D eigenvalue weighted by atomic mass is 16.6. The minimum Gasteiger partial charge on any atom is -0.465 e. The lowest BCUT2D eigenvalue weighted by Crippen LogP contribution is -2.41. The topological polar surface area (TPSA) is 72.8 Å². The van der Waals surface area contributed by atoms with Gasteiger partial charge in [0.05, 0.1) is 13.2 Å². The summed E-state index contributed by atoms with van der Waals surface area (Å²) in [6.07, 6.45) is 0.924. The summed E-state index contributed by atoms with van der Waals surface area (Å²) in [4.78, 5) is 23.8. The van der Waals surface area contributed by atoms with Crippen LogP contribution < -0.4 is 0 Å². The molecule has 0 radical (unpaired) electrons. The Balaban J connectivity index is 4.98. The van der Waals surface area contributed by atoms with Crippen molar-refractivity contribution in [2.45, 2.75) is 40.0 Å². The lowest BCUT2D eigenvalue weighted by Gasteiger charge is -2.27. The number of hydrogen-bond acceptors (Lipinski definition) is 5. The number of aliphatic hydroxyl groups is 1. The van der Waals surface area contributed by atoms with Gasteiger partial charge in [-0.2, -0.15) is 0 Å². The van der Waals surface area contributed by atoms with Gasteiger partial charge >= 0.3 is 11.9 Å². The van der Waals surface area contributed by atoms with Crippen LogP contribution in [0.1, 0.15) is 40.0 Å². The zero-order valence-corrected chi connectivity index (χ0v) is 10.8. The van der Waals surface area contributed by atoms with E-state index in [1.807, 2.05) is 0 Å². The van der Waals surface area contributed by atoms with E-state index in [-0.39, 0.29) is 26.2 Å². The molecule has 0 spiro atoms. The van der Waals surface area contributed by atoms with Crippen LogP contribution in [0, 0.1) is 5.41 Å². The summed E-state index contributed by atoms with van der Waals surface area (Å²) in [5, 5.41) is 8.84. The number of ether oxygens (including phenoxy) is 2. The summed E-state index contributed by atoms with van der Waals surface area (Å²) in [7, 11) is 0. The first-order valence-corrected chi connectivity index (χ1v) is 6.04. The standard InChI is InChI=1S/C12H22O5/c1-4-12(8-7-9-13,10(14)16-5-2)11(15)17-6-3/h13H,4-9H2,1-3H3. The molecule has 5 heteroatoms. The molecule has 0 rings (SSSR count). The van der Waals surface area contributed by atoms with E-state index in [0.717, 1.165) is 0 Å². The summed E-state index contributed by atoms with van der Waals surface area (Å²) in [6, 6.07) is 0. The molecule has 0 bridgehead atoms. The Labute approximate surface area is 102 Å². The molecular formula is C12H22O5. The average molecular weight is 246 g/mol. The predicted molar refractivity (Wildman–Crippen MR) is 62.3 cm³/mol. The Hall–Kier alpha value is -1.10. The van der Waals surface area contributed by atoms with Crippen molar-refractivity contribution in [2.75, 3.05) is 19.8 Å². The van der Waals surface area contributed by atoms with Crippen LogP contribution in [-0.4, -0.2) is 36.9 Å². The van der Waals surface area contributed by atoms with E-state index in [0.29, 0.717) is 12.8 Å². The molecule has 0 aliphatic heterocycles. The number of hydrogen-bond donors (Lipinski definition) is 1. The molecule has 0 aliphatic carbocycles. The molecule has 0 atom stereocenters. The first-order valence-electron chi connectivity index (χ1n) is 6.04. The first kappa shape index (κ1) is 15.9. The molecule has 0 amide bonds. The zero-order chi connectivity index (χ0) is 13.3. The highest BCUT2D eigenvalue weighted by Crippen LogP contribution is 2.31. The lowest BCUT2D eigenvalue weighted by atomic mass is 9.80. The maximum atomic E-state index is 11.9. The molecule has 0 unspecified atom stereocenters. The fourth-order valence-corrected chi connectivity index (χ4v) is 1.67. The monoisotopic (exact) mass is 246 g/mol. The molecular weight excluding hydrogens is 224 g/mol. The van der Waals surface area contributed by atoms with Gasteiger partial charge in [-0.25, -0.2) is 0 Å². The quantitative estimate of drug-likeness (QED) is 0.516. The van der Waals surface area contributed by atoms with Crippen LogP contribution in [0.15, 0.2) is 0 Å². The van der Waals surface area contributed by atoms with Crippen molar-refractivity contribution >= 4 is 11.9 Å². The molecule has 17 heavy (non-hydrogen) atoms. The molecule has 0 aromatic rings. The fourth-order valence-electron chi connectivity index (χ4n) is 1.67. The summed E-state index contributed by atoms with van der Waals surface area (Å²) in [6.45, 7) is 5.50. The minimum atomic E-state index is -1.27. The second kappa shape index (κ2) is 8.06. The van der Waals surface area contributed by atoms with Crippen molar-refractivity contribution in [1.29, 1.82) is 0 Å². The van der Waals surface area contributed by atoms with E-state index >= 15 is 0 Å². The Morgan fingerprint density at radius 3 is 1.82 bits per heavy atom. The van der Waals surface area contributed by atoms with Crippen molar-refractivity contribution < 1.29 is 24.2 Å². The molecule has 0 saturated carbocycles. The van der Waals surface area contributed by atoms with Crippen molar-refractivity contribution in [3.8, 4) is 0 Å². The highest BCUT2D eigenvalue weighted by Gasteiger charge is 2.46. The van der Waals surface area contributed by atoms with Gasteiger partial charge in [0.25, 0.3) is 0 Å². The van der Waals surface area contributed by atoms with Crippen molar-refractivity contribution in [1.82, 2.24) is 0 Å². The molecule has 0 saturated heterocycles. The SMILES string of the molecule is CCOC(=O)C(CC)(CCCO)C(=O)OCC. The van der Waals surface area contributed by atoms with E-state index in [2.05, 4.69) is 0 Å². The number of carbonyl (C=O) groups is 2. The van der Waals surface area contributed by atoms with Crippen LogP contribution in [0.4, 0.5) is 0 Å². The van der Waals surface area contributed by atoms with Crippen LogP contribution in [0.25, 0.3) is 0 Å². The van der Waals surface area contributed by atoms with Gasteiger partial charge in [0.1, 0.15) is 0 Å². The number of aliphatic hydroxyl groups excluding tert-OH is 1. The molecule has 0 aromatic heterocycles. The van der Waals surface area contributed by atoms with Crippen LogP contribution in [0.3, 0.4) is 0 Å².